The van der Waals surface area contributed by atoms with Crippen LogP contribution in [0, 0.1) is 0 Å². The second-order valence-electron chi connectivity index (χ2n) is 5.26. The van der Waals surface area contributed by atoms with Gasteiger partial charge in [0.25, 0.3) is 0 Å². The average Bonchev–Trinajstić information content (AvgIpc) is 2.33. The Balaban J connectivity index is 1.73. The molecule has 0 atom stereocenters. The predicted octanol–water partition coefficient (Wildman–Crippen LogP) is -0.992. The van der Waals surface area contributed by atoms with E-state index in [1.54, 1.807) is 0 Å². The molecule has 0 bridgehead atoms. The second kappa shape index (κ2) is 5.80. The van der Waals surface area contributed by atoms with Gasteiger partial charge in [0.1, 0.15) is 0 Å². The molecular weight excluding hydrogens is 216 g/mol. The van der Waals surface area contributed by atoms with Crippen LogP contribution in [-0.4, -0.2) is 98.5 Å². The number of carbonyl (C=O) groups excluding carboxylic acids is 1. The molecule has 2 rings (SSSR count). The summed E-state index contributed by atoms with van der Waals surface area (Å²) in [5.74, 6) is 0.308. The molecule has 2 aliphatic rings. The highest BCUT2D eigenvalue weighted by Crippen LogP contribution is 2.03. The fraction of sp³-hybridized carbons (Fsp3) is 0.917. The maximum absolute atomic E-state index is 12.1. The Morgan fingerprint density at radius 1 is 0.824 bits per heavy atom. The van der Waals surface area contributed by atoms with Crippen LogP contribution in [-0.2, 0) is 4.79 Å². The molecular formula is C12H24N4O. The maximum atomic E-state index is 12.1. The van der Waals surface area contributed by atoms with E-state index in [1.165, 1.54) is 0 Å². The van der Waals surface area contributed by atoms with Gasteiger partial charge in [-0.1, -0.05) is 0 Å². The summed E-state index contributed by atoms with van der Waals surface area (Å²) in [7, 11) is 4.25. The molecule has 2 aliphatic heterocycles. The van der Waals surface area contributed by atoms with Crippen LogP contribution in [0.2, 0.25) is 0 Å². The Bertz CT molecular complexity index is 255. The number of piperazine rings is 2. The predicted molar refractivity (Wildman–Crippen MR) is 68.0 cm³/mol. The zero-order valence-corrected chi connectivity index (χ0v) is 11.1. The van der Waals surface area contributed by atoms with Crippen LogP contribution in [0.1, 0.15) is 0 Å². The molecule has 1 amide bonds. The van der Waals surface area contributed by atoms with E-state index in [9.17, 15) is 4.79 Å². The van der Waals surface area contributed by atoms with Gasteiger partial charge in [0.2, 0.25) is 5.91 Å². The first-order valence-electron chi connectivity index (χ1n) is 6.52. The van der Waals surface area contributed by atoms with Crippen LogP contribution < -0.4 is 0 Å². The van der Waals surface area contributed by atoms with E-state index in [0.29, 0.717) is 12.5 Å². The summed E-state index contributed by atoms with van der Waals surface area (Å²) in [5, 5.41) is 0. The van der Waals surface area contributed by atoms with E-state index >= 15 is 0 Å². The molecule has 0 aromatic heterocycles. The van der Waals surface area contributed by atoms with Crippen molar-refractivity contribution in [3.05, 3.63) is 0 Å². The van der Waals surface area contributed by atoms with E-state index < -0.39 is 0 Å². The normalized spacial score (nSPS) is 25.2. The molecule has 17 heavy (non-hydrogen) atoms. The zero-order valence-electron chi connectivity index (χ0n) is 11.1. The molecule has 2 heterocycles. The van der Waals surface area contributed by atoms with E-state index in [4.69, 9.17) is 0 Å². The van der Waals surface area contributed by atoms with Crippen LogP contribution in [0.4, 0.5) is 0 Å². The molecule has 2 fully saturated rings. The Hall–Kier alpha value is -0.650. The van der Waals surface area contributed by atoms with Crippen molar-refractivity contribution in [1.29, 1.82) is 0 Å². The van der Waals surface area contributed by atoms with Gasteiger partial charge in [-0.25, -0.2) is 0 Å². The standard InChI is InChI=1S/C12H24N4O/c1-13-3-7-15(8-4-13)11-12(17)16-9-5-14(2)6-10-16/h3-11H2,1-2H3. The third kappa shape index (κ3) is 3.66. The number of carbonyl (C=O) groups is 1. The van der Waals surface area contributed by atoms with Crippen molar-refractivity contribution < 1.29 is 4.79 Å². The van der Waals surface area contributed by atoms with Gasteiger partial charge in [0.05, 0.1) is 6.54 Å². The molecule has 0 saturated carbocycles. The van der Waals surface area contributed by atoms with Gasteiger partial charge in [-0.3, -0.25) is 9.69 Å². The number of hydrogen-bond acceptors (Lipinski definition) is 4. The smallest absolute Gasteiger partial charge is 0.236 e. The first-order chi connectivity index (χ1) is 8.15. The van der Waals surface area contributed by atoms with E-state index in [0.717, 1.165) is 52.4 Å². The second-order valence-corrected chi connectivity index (χ2v) is 5.26. The van der Waals surface area contributed by atoms with E-state index in [-0.39, 0.29) is 0 Å². The van der Waals surface area contributed by atoms with Gasteiger partial charge in [0.15, 0.2) is 0 Å². The monoisotopic (exact) mass is 240 g/mol. The highest BCUT2D eigenvalue weighted by atomic mass is 16.2. The van der Waals surface area contributed by atoms with Gasteiger partial charge in [-0.15, -0.1) is 0 Å². The van der Waals surface area contributed by atoms with E-state index in [1.807, 2.05) is 4.90 Å². The molecule has 0 aromatic carbocycles. The fourth-order valence-electron chi connectivity index (χ4n) is 2.35. The van der Waals surface area contributed by atoms with Gasteiger partial charge in [-0.05, 0) is 14.1 Å². The van der Waals surface area contributed by atoms with Crippen molar-refractivity contribution >= 4 is 5.91 Å². The first-order valence-corrected chi connectivity index (χ1v) is 6.52. The molecule has 5 heteroatoms. The van der Waals surface area contributed by atoms with Gasteiger partial charge in [-0.2, -0.15) is 0 Å². The minimum absolute atomic E-state index is 0.308. The fourth-order valence-corrected chi connectivity index (χ4v) is 2.35. The SMILES string of the molecule is CN1CCN(CC(=O)N2CCN(C)CC2)CC1. The lowest BCUT2D eigenvalue weighted by molar-refractivity contribution is -0.134. The summed E-state index contributed by atoms with van der Waals surface area (Å²) in [6, 6.07) is 0. The molecule has 0 aliphatic carbocycles. The Morgan fingerprint density at radius 3 is 1.82 bits per heavy atom. The van der Waals surface area contributed by atoms with Gasteiger partial charge < -0.3 is 14.7 Å². The molecule has 2 saturated heterocycles. The molecule has 0 N–H and O–H groups in total. The van der Waals surface area contributed by atoms with Crippen molar-refractivity contribution in [2.75, 3.05) is 73.0 Å². The molecule has 0 spiro atoms. The van der Waals surface area contributed by atoms with Crippen molar-refractivity contribution in [2.45, 2.75) is 0 Å². The lowest BCUT2D eigenvalue weighted by atomic mass is 10.3. The Morgan fingerprint density at radius 2 is 1.29 bits per heavy atom. The van der Waals surface area contributed by atoms with Crippen molar-refractivity contribution in [1.82, 2.24) is 19.6 Å². The highest BCUT2D eigenvalue weighted by molar-refractivity contribution is 5.78. The molecule has 5 nitrogen and oxygen atoms in total. The van der Waals surface area contributed by atoms with E-state index in [2.05, 4.69) is 28.8 Å². The third-order valence-corrected chi connectivity index (χ3v) is 3.81. The summed E-state index contributed by atoms with van der Waals surface area (Å²) in [6.07, 6.45) is 0. The van der Waals surface area contributed by atoms with Crippen LogP contribution >= 0.6 is 0 Å². The summed E-state index contributed by atoms with van der Waals surface area (Å²) in [4.78, 5) is 21.0. The number of amides is 1. The van der Waals surface area contributed by atoms with Crippen LogP contribution in [0.5, 0.6) is 0 Å². The van der Waals surface area contributed by atoms with Gasteiger partial charge >= 0.3 is 0 Å². The topological polar surface area (TPSA) is 30.0 Å². The van der Waals surface area contributed by atoms with Crippen LogP contribution in [0.3, 0.4) is 0 Å². The summed E-state index contributed by atoms with van der Waals surface area (Å²) < 4.78 is 0. The number of hydrogen-bond donors (Lipinski definition) is 0. The van der Waals surface area contributed by atoms with Gasteiger partial charge in [0, 0.05) is 52.4 Å². The zero-order chi connectivity index (χ0) is 12.3. The highest BCUT2D eigenvalue weighted by Gasteiger charge is 2.22. The summed E-state index contributed by atoms with van der Waals surface area (Å²) >= 11 is 0. The molecule has 0 unspecified atom stereocenters. The van der Waals surface area contributed by atoms with Crippen molar-refractivity contribution in [3.8, 4) is 0 Å². The van der Waals surface area contributed by atoms with Crippen molar-refractivity contribution in [2.24, 2.45) is 0 Å². The quantitative estimate of drug-likeness (QED) is 0.620. The lowest BCUT2D eigenvalue weighted by Gasteiger charge is -2.36. The average molecular weight is 240 g/mol. The van der Waals surface area contributed by atoms with Crippen LogP contribution in [0.15, 0.2) is 0 Å². The minimum atomic E-state index is 0.308. The lowest BCUT2D eigenvalue weighted by Crippen LogP contribution is -2.52. The summed E-state index contributed by atoms with van der Waals surface area (Å²) in [6.45, 7) is 8.62. The number of likely N-dealkylation sites (N-methyl/N-ethyl adjacent to an activating group) is 2. The molecule has 0 aromatic rings. The number of rotatable bonds is 2. The first kappa shape index (κ1) is 12.8. The minimum Gasteiger partial charge on any atom is -0.339 e. The number of nitrogens with zero attached hydrogens (tertiary/aromatic N) is 4. The largest absolute Gasteiger partial charge is 0.339 e. The van der Waals surface area contributed by atoms with Crippen molar-refractivity contribution in [3.63, 3.8) is 0 Å². The Labute approximate surface area is 104 Å². The van der Waals surface area contributed by atoms with Crippen LogP contribution in [0.25, 0.3) is 0 Å². The third-order valence-electron chi connectivity index (χ3n) is 3.81. The molecule has 98 valence electrons. The maximum Gasteiger partial charge on any atom is 0.236 e. The molecule has 0 radical (unpaired) electrons. The summed E-state index contributed by atoms with van der Waals surface area (Å²) in [5.41, 5.74) is 0. The Kier molecular flexibility index (Phi) is 4.36.